The van der Waals surface area contributed by atoms with Gasteiger partial charge in [-0.15, -0.1) is 0 Å². The Kier molecular flexibility index (Phi) is 3.42. The number of aryl methyl sites for hydroxylation is 1. The van der Waals surface area contributed by atoms with Crippen molar-refractivity contribution >= 4 is 22.3 Å². The van der Waals surface area contributed by atoms with Gasteiger partial charge < -0.3 is 9.30 Å². The lowest BCUT2D eigenvalue weighted by molar-refractivity contribution is -0.380. The maximum absolute atomic E-state index is 11.7. The molecule has 94 valence electrons. The van der Waals surface area contributed by atoms with E-state index in [4.69, 9.17) is 4.74 Å². The van der Waals surface area contributed by atoms with Gasteiger partial charge in [0.1, 0.15) is 12.3 Å². The Balaban J connectivity index is 1.97. The second kappa shape index (κ2) is 5.01. The molecule has 0 amide bonds. The van der Waals surface area contributed by atoms with Gasteiger partial charge in [0.25, 0.3) is 0 Å². The number of aromatic nitrogens is 1. The molecule has 0 saturated carbocycles. The van der Waals surface area contributed by atoms with Gasteiger partial charge in [-0.3, -0.25) is 10.1 Å². The molecule has 0 aromatic carbocycles. The molecule has 0 saturated heterocycles. The van der Waals surface area contributed by atoms with Crippen LogP contribution < -0.4 is 0 Å². The van der Waals surface area contributed by atoms with Crippen LogP contribution in [0, 0.1) is 10.1 Å². The molecule has 7 heteroatoms. The first-order valence-electron chi connectivity index (χ1n) is 5.08. The van der Waals surface area contributed by atoms with Crippen molar-refractivity contribution in [3.63, 3.8) is 0 Å². The molecule has 2 rings (SSSR count). The Morgan fingerprint density at radius 1 is 1.61 bits per heavy atom. The van der Waals surface area contributed by atoms with Gasteiger partial charge in [-0.1, -0.05) is 11.3 Å². The second-order valence-corrected chi connectivity index (χ2v) is 4.52. The van der Waals surface area contributed by atoms with Gasteiger partial charge in [0.2, 0.25) is 0 Å². The third-order valence-corrected chi connectivity index (χ3v) is 3.27. The molecule has 2 aromatic heterocycles. The number of nitro groups is 1. The standard InChI is InChI=1S/C11H10N2O4S/c1-12-4-2-3-9(12)11(14)17-6-8-5-10(13(15)16)18-7-8/h2-5,7H,6H2,1H3. The van der Waals surface area contributed by atoms with Crippen molar-refractivity contribution in [2.45, 2.75) is 6.61 Å². The minimum Gasteiger partial charge on any atom is -0.456 e. The van der Waals surface area contributed by atoms with E-state index in [0.717, 1.165) is 11.3 Å². The van der Waals surface area contributed by atoms with E-state index < -0.39 is 10.9 Å². The van der Waals surface area contributed by atoms with Crippen LogP contribution in [0.5, 0.6) is 0 Å². The summed E-state index contributed by atoms with van der Waals surface area (Å²) in [6.45, 7) is 0.0361. The highest BCUT2D eigenvalue weighted by Gasteiger charge is 2.13. The molecule has 18 heavy (non-hydrogen) atoms. The molecule has 2 aromatic rings. The van der Waals surface area contributed by atoms with Crippen molar-refractivity contribution in [2.75, 3.05) is 0 Å². The van der Waals surface area contributed by atoms with E-state index in [0.29, 0.717) is 11.3 Å². The minimum atomic E-state index is -0.465. The van der Waals surface area contributed by atoms with Gasteiger partial charge in [-0.2, -0.15) is 0 Å². The minimum absolute atomic E-state index is 0.0361. The zero-order chi connectivity index (χ0) is 13.1. The molecule has 0 N–H and O–H groups in total. The molecule has 0 spiro atoms. The molecule has 2 heterocycles. The van der Waals surface area contributed by atoms with Gasteiger partial charge in [-0.05, 0) is 12.1 Å². The SMILES string of the molecule is Cn1cccc1C(=O)OCc1csc([N+](=O)[O-])c1. The molecule has 0 aliphatic carbocycles. The van der Waals surface area contributed by atoms with Crippen molar-refractivity contribution in [3.05, 3.63) is 51.1 Å². The van der Waals surface area contributed by atoms with Crippen molar-refractivity contribution in [1.29, 1.82) is 0 Å². The van der Waals surface area contributed by atoms with Gasteiger partial charge in [0, 0.05) is 30.3 Å². The quantitative estimate of drug-likeness (QED) is 0.483. The lowest BCUT2D eigenvalue weighted by Crippen LogP contribution is -2.09. The number of esters is 1. The van der Waals surface area contributed by atoms with E-state index in [1.165, 1.54) is 6.07 Å². The Hall–Kier alpha value is -2.15. The summed E-state index contributed by atoms with van der Waals surface area (Å²) in [5.74, 6) is -0.448. The zero-order valence-electron chi connectivity index (χ0n) is 9.53. The predicted octanol–water partition coefficient (Wildman–Crippen LogP) is 2.35. The number of carbonyl (C=O) groups excluding carboxylic acids is 1. The fraction of sp³-hybridized carbons (Fsp3) is 0.182. The number of rotatable bonds is 4. The number of carbonyl (C=O) groups is 1. The van der Waals surface area contributed by atoms with E-state index in [1.54, 1.807) is 35.3 Å². The highest BCUT2D eigenvalue weighted by molar-refractivity contribution is 7.13. The van der Waals surface area contributed by atoms with Gasteiger partial charge in [-0.25, -0.2) is 4.79 Å². The van der Waals surface area contributed by atoms with Gasteiger partial charge in [0.15, 0.2) is 0 Å². The van der Waals surface area contributed by atoms with Crippen LogP contribution in [-0.2, 0) is 18.4 Å². The first kappa shape index (κ1) is 12.3. The molecular weight excluding hydrogens is 256 g/mol. The van der Waals surface area contributed by atoms with Crippen molar-refractivity contribution < 1.29 is 14.5 Å². The third-order valence-electron chi connectivity index (χ3n) is 2.34. The van der Waals surface area contributed by atoms with Crippen LogP contribution in [0.25, 0.3) is 0 Å². The highest BCUT2D eigenvalue weighted by Crippen LogP contribution is 2.23. The zero-order valence-corrected chi connectivity index (χ0v) is 10.3. The molecule has 0 aliphatic rings. The van der Waals surface area contributed by atoms with Crippen LogP contribution in [0.15, 0.2) is 29.8 Å². The summed E-state index contributed by atoms with van der Waals surface area (Å²) in [5, 5.41) is 12.1. The van der Waals surface area contributed by atoms with Crippen molar-refractivity contribution in [3.8, 4) is 0 Å². The van der Waals surface area contributed by atoms with E-state index in [2.05, 4.69) is 0 Å². The first-order chi connectivity index (χ1) is 8.58. The fourth-order valence-electron chi connectivity index (χ4n) is 1.43. The fourth-order valence-corrected chi connectivity index (χ4v) is 2.14. The van der Waals surface area contributed by atoms with Crippen LogP contribution in [0.4, 0.5) is 5.00 Å². The molecule has 0 bridgehead atoms. The normalized spacial score (nSPS) is 10.3. The van der Waals surface area contributed by atoms with Crippen LogP contribution in [0.1, 0.15) is 16.1 Å². The smallest absolute Gasteiger partial charge is 0.355 e. The summed E-state index contributed by atoms with van der Waals surface area (Å²) in [6.07, 6.45) is 1.74. The molecular formula is C11H10N2O4S. The van der Waals surface area contributed by atoms with Crippen molar-refractivity contribution in [1.82, 2.24) is 4.57 Å². The number of nitrogens with zero attached hydrogens (tertiary/aromatic N) is 2. The molecule has 0 radical (unpaired) electrons. The number of ether oxygens (including phenoxy) is 1. The van der Waals surface area contributed by atoms with Gasteiger partial charge >= 0.3 is 11.0 Å². The Morgan fingerprint density at radius 2 is 2.39 bits per heavy atom. The van der Waals surface area contributed by atoms with E-state index in [1.807, 2.05) is 0 Å². The van der Waals surface area contributed by atoms with Crippen molar-refractivity contribution in [2.24, 2.45) is 7.05 Å². The van der Waals surface area contributed by atoms with E-state index in [9.17, 15) is 14.9 Å². The average molecular weight is 266 g/mol. The lowest BCUT2D eigenvalue weighted by Gasteiger charge is -2.03. The molecule has 0 aliphatic heterocycles. The highest BCUT2D eigenvalue weighted by atomic mass is 32.1. The summed E-state index contributed by atoms with van der Waals surface area (Å²) in [5.41, 5.74) is 1.06. The Labute approximate surface area is 107 Å². The first-order valence-corrected chi connectivity index (χ1v) is 5.96. The third kappa shape index (κ3) is 2.57. The summed E-state index contributed by atoms with van der Waals surface area (Å²) in [4.78, 5) is 21.7. The van der Waals surface area contributed by atoms with Crippen LogP contribution in [0.2, 0.25) is 0 Å². The predicted molar refractivity (Wildman–Crippen MR) is 65.5 cm³/mol. The second-order valence-electron chi connectivity index (χ2n) is 3.63. The van der Waals surface area contributed by atoms with Gasteiger partial charge in [0.05, 0.1) is 4.92 Å². The molecule has 0 atom stereocenters. The number of hydrogen-bond donors (Lipinski definition) is 0. The molecule has 0 fully saturated rings. The summed E-state index contributed by atoms with van der Waals surface area (Å²) < 4.78 is 6.72. The molecule has 6 nitrogen and oxygen atoms in total. The Morgan fingerprint density at radius 3 is 2.94 bits per heavy atom. The summed E-state index contributed by atoms with van der Waals surface area (Å²) in [7, 11) is 1.74. The van der Waals surface area contributed by atoms with Crippen LogP contribution in [-0.4, -0.2) is 15.5 Å². The Bertz CT molecular complexity index is 587. The van der Waals surface area contributed by atoms with E-state index in [-0.39, 0.29) is 11.6 Å². The summed E-state index contributed by atoms with van der Waals surface area (Å²) >= 11 is 1.01. The maximum atomic E-state index is 11.7. The van der Waals surface area contributed by atoms with Crippen LogP contribution >= 0.6 is 11.3 Å². The largest absolute Gasteiger partial charge is 0.456 e. The topological polar surface area (TPSA) is 74.4 Å². The average Bonchev–Trinajstić information content (AvgIpc) is 2.94. The van der Waals surface area contributed by atoms with E-state index >= 15 is 0 Å². The molecule has 0 unspecified atom stereocenters. The lowest BCUT2D eigenvalue weighted by atomic mass is 10.3. The number of hydrogen-bond acceptors (Lipinski definition) is 5. The summed E-state index contributed by atoms with van der Waals surface area (Å²) in [6, 6.07) is 4.80. The number of thiophene rings is 1. The van der Waals surface area contributed by atoms with Crippen LogP contribution in [0.3, 0.4) is 0 Å². The maximum Gasteiger partial charge on any atom is 0.355 e. The monoisotopic (exact) mass is 266 g/mol.